The van der Waals surface area contributed by atoms with Gasteiger partial charge in [0.1, 0.15) is 6.61 Å². The molecule has 2 atom stereocenters. The van der Waals surface area contributed by atoms with Crippen molar-refractivity contribution < 1.29 is 17.9 Å². The van der Waals surface area contributed by atoms with E-state index in [1.54, 1.807) is 11.6 Å². The summed E-state index contributed by atoms with van der Waals surface area (Å²) >= 11 is 1.30. The highest BCUT2D eigenvalue weighted by Gasteiger charge is 2.32. The molecule has 1 aliphatic heterocycles. The van der Waals surface area contributed by atoms with E-state index in [2.05, 4.69) is 4.98 Å². The summed E-state index contributed by atoms with van der Waals surface area (Å²) in [6, 6.07) is 7.18. The number of piperidine rings is 1. The average Bonchev–Trinajstić information content (AvgIpc) is 3.21. The number of carbonyl (C=O) groups is 1. The second-order valence-electron chi connectivity index (χ2n) is 8.01. The molecular formula is C21H23N3O5S2. The Morgan fingerprint density at radius 3 is 2.71 bits per heavy atom. The first kappa shape index (κ1) is 21.7. The highest BCUT2D eigenvalue weighted by molar-refractivity contribution is 7.89. The van der Waals surface area contributed by atoms with Crippen LogP contribution in [0.25, 0.3) is 4.96 Å². The third-order valence-electron chi connectivity index (χ3n) is 5.25. The van der Waals surface area contributed by atoms with Crippen LogP contribution in [0.1, 0.15) is 36.3 Å². The SMILES string of the molecule is C[C@@H]1C[C@H](C)CN(S(=O)(=O)c2cccc(C(=O)OCc3cc(=O)n4ccsc4n3)c2)C1. The van der Waals surface area contributed by atoms with Crippen molar-refractivity contribution in [2.45, 2.75) is 31.8 Å². The summed E-state index contributed by atoms with van der Waals surface area (Å²) in [7, 11) is -3.70. The van der Waals surface area contributed by atoms with E-state index in [9.17, 15) is 18.0 Å². The van der Waals surface area contributed by atoms with Gasteiger partial charge in [-0.25, -0.2) is 18.2 Å². The van der Waals surface area contributed by atoms with Crippen molar-refractivity contribution in [2.24, 2.45) is 11.8 Å². The summed E-state index contributed by atoms with van der Waals surface area (Å²) in [5, 5.41) is 1.75. The molecule has 31 heavy (non-hydrogen) atoms. The van der Waals surface area contributed by atoms with E-state index in [4.69, 9.17) is 4.74 Å². The minimum Gasteiger partial charge on any atom is -0.456 e. The lowest BCUT2D eigenvalue weighted by Gasteiger charge is -2.34. The fraction of sp³-hybridized carbons (Fsp3) is 0.381. The van der Waals surface area contributed by atoms with Gasteiger partial charge < -0.3 is 4.74 Å². The molecule has 164 valence electrons. The van der Waals surface area contributed by atoms with Crippen molar-refractivity contribution in [1.82, 2.24) is 13.7 Å². The Morgan fingerprint density at radius 1 is 1.23 bits per heavy atom. The van der Waals surface area contributed by atoms with Crippen LogP contribution in [0.15, 0.2) is 51.6 Å². The van der Waals surface area contributed by atoms with Crippen LogP contribution in [0.5, 0.6) is 0 Å². The molecule has 0 bridgehead atoms. The summed E-state index contributed by atoms with van der Waals surface area (Å²) in [6.45, 7) is 4.83. The molecule has 10 heteroatoms. The van der Waals surface area contributed by atoms with Crippen molar-refractivity contribution in [2.75, 3.05) is 13.1 Å². The predicted octanol–water partition coefficient (Wildman–Crippen LogP) is 2.78. The zero-order chi connectivity index (χ0) is 22.2. The number of hydrogen-bond donors (Lipinski definition) is 0. The molecule has 4 rings (SSSR count). The third-order valence-corrected chi connectivity index (χ3v) is 7.83. The van der Waals surface area contributed by atoms with E-state index in [1.807, 2.05) is 13.8 Å². The van der Waals surface area contributed by atoms with Crippen LogP contribution in [0, 0.1) is 11.8 Å². The minimum atomic E-state index is -3.70. The Labute approximate surface area is 184 Å². The molecule has 0 amide bonds. The third kappa shape index (κ3) is 4.56. The number of sulfonamides is 1. The number of rotatable bonds is 5. The van der Waals surface area contributed by atoms with Crippen molar-refractivity contribution in [1.29, 1.82) is 0 Å². The second-order valence-corrected chi connectivity index (χ2v) is 10.8. The maximum absolute atomic E-state index is 13.1. The zero-order valence-electron chi connectivity index (χ0n) is 17.2. The molecule has 3 heterocycles. The predicted molar refractivity (Wildman–Crippen MR) is 117 cm³/mol. The van der Waals surface area contributed by atoms with Crippen molar-refractivity contribution in [3.8, 4) is 0 Å². The molecule has 8 nitrogen and oxygen atoms in total. The van der Waals surface area contributed by atoms with Crippen LogP contribution in [0.4, 0.5) is 0 Å². The number of fused-ring (bicyclic) bond motifs is 1. The lowest BCUT2D eigenvalue weighted by Crippen LogP contribution is -2.42. The summed E-state index contributed by atoms with van der Waals surface area (Å²) in [5.74, 6) is -0.113. The standard InChI is InChI=1S/C21H23N3O5S2/c1-14-8-15(2)12-23(11-14)31(27,28)18-5-3-4-16(9-18)20(26)29-13-17-10-19(25)24-6-7-30-21(24)22-17/h3-7,9-10,14-15H,8,11-13H2,1-2H3/t14-,15+. The van der Waals surface area contributed by atoms with Gasteiger partial charge >= 0.3 is 5.97 Å². The number of thiazole rings is 1. The maximum Gasteiger partial charge on any atom is 0.338 e. The fourth-order valence-electron chi connectivity index (χ4n) is 3.92. The Hall–Kier alpha value is -2.56. The second kappa shape index (κ2) is 8.52. The van der Waals surface area contributed by atoms with Crippen molar-refractivity contribution in [3.63, 3.8) is 0 Å². The maximum atomic E-state index is 13.1. The quantitative estimate of drug-likeness (QED) is 0.542. The van der Waals surface area contributed by atoms with Crippen LogP contribution in [-0.2, 0) is 21.4 Å². The molecule has 0 N–H and O–H groups in total. The number of nitrogens with zero attached hydrogens (tertiary/aromatic N) is 3. The summed E-state index contributed by atoms with van der Waals surface area (Å²) < 4.78 is 34.4. The van der Waals surface area contributed by atoms with Crippen molar-refractivity contribution in [3.05, 3.63) is 63.5 Å². The van der Waals surface area contributed by atoms with Gasteiger partial charge in [0.05, 0.1) is 16.2 Å². The van der Waals surface area contributed by atoms with Gasteiger partial charge in [-0.15, -0.1) is 11.3 Å². The Balaban J connectivity index is 1.50. The molecule has 0 spiro atoms. The highest BCUT2D eigenvalue weighted by Crippen LogP contribution is 2.27. The van der Waals surface area contributed by atoms with E-state index in [0.717, 1.165) is 6.42 Å². The van der Waals surface area contributed by atoms with E-state index < -0.39 is 16.0 Å². The first-order valence-corrected chi connectivity index (χ1v) is 12.3. The van der Waals surface area contributed by atoms with Crippen LogP contribution >= 0.6 is 11.3 Å². The van der Waals surface area contributed by atoms with Crippen LogP contribution < -0.4 is 5.56 Å². The zero-order valence-corrected chi connectivity index (χ0v) is 18.9. The van der Waals surface area contributed by atoms with E-state index in [1.165, 1.54) is 50.4 Å². The normalized spacial score (nSPS) is 20.1. The highest BCUT2D eigenvalue weighted by atomic mass is 32.2. The van der Waals surface area contributed by atoms with Crippen LogP contribution in [0.3, 0.4) is 0 Å². The molecule has 0 radical (unpaired) electrons. The molecule has 1 saturated heterocycles. The molecule has 3 aromatic rings. The minimum absolute atomic E-state index is 0.0691. The van der Waals surface area contributed by atoms with Gasteiger partial charge in [0.15, 0.2) is 4.96 Å². The summed E-state index contributed by atoms with van der Waals surface area (Å²) in [4.78, 5) is 29.5. The molecule has 1 aliphatic rings. The number of benzene rings is 1. The fourth-order valence-corrected chi connectivity index (χ4v) is 6.38. The molecule has 0 saturated carbocycles. The molecule has 1 fully saturated rings. The smallest absolute Gasteiger partial charge is 0.338 e. The average molecular weight is 462 g/mol. The number of aromatic nitrogens is 2. The largest absolute Gasteiger partial charge is 0.456 e. The summed E-state index contributed by atoms with van der Waals surface area (Å²) in [5.41, 5.74) is 0.212. The Bertz CT molecular complexity index is 1270. The molecule has 0 aliphatic carbocycles. The van der Waals surface area contributed by atoms with Gasteiger partial charge in [-0.05, 0) is 36.5 Å². The first-order chi connectivity index (χ1) is 14.7. The molecule has 1 aromatic carbocycles. The van der Waals surface area contributed by atoms with Gasteiger partial charge in [0.25, 0.3) is 5.56 Å². The van der Waals surface area contributed by atoms with Gasteiger partial charge in [-0.2, -0.15) is 4.31 Å². The van der Waals surface area contributed by atoms with Gasteiger partial charge in [0.2, 0.25) is 10.0 Å². The Kier molecular flexibility index (Phi) is 5.96. The van der Waals surface area contributed by atoms with Gasteiger partial charge in [0, 0.05) is 30.7 Å². The van der Waals surface area contributed by atoms with Gasteiger partial charge in [-0.3, -0.25) is 9.20 Å². The topological polar surface area (TPSA) is 98.0 Å². The molecule has 2 aromatic heterocycles. The van der Waals surface area contributed by atoms with E-state index in [-0.39, 0.29) is 34.5 Å². The van der Waals surface area contributed by atoms with E-state index >= 15 is 0 Å². The number of hydrogen-bond acceptors (Lipinski definition) is 7. The monoisotopic (exact) mass is 461 g/mol. The molecular weight excluding hydrogens is 438 g/mol. The number of carbonyl (C=O) groups excluding carboxylic acids is 1. The van der Waals surface area contributed by atoms with Crippen molar-refractivity contribution >= 4 is 32.3 Å². The Morgan fingerprint density at radius 2 is 1.97 bits per heavy atom. The summed E-state index contributed by atoms with van der Waals surface area (Å²) in [6.07, 6.45) is 2.62. The van der Waals surface area contributed by atoms with Crippen LogP contribution in [0.2, 0.25) is 0 Å². The number of ether oxygens (including phenoxy) is 1. The number of esters is 1. The molecule has 0 unspecified atom stereocenters. The first-order valence-electron chi connectivity index (χ1n) is 9.97. The van der Waals surface area contributed by atoms with E-state index in [0.29, 0.717) is 23.7 Å². The lowest BCUT2D eigenvalue weighted by atomic mass is 9.94. The lowest BCUT2D eigenvalue weighted by molar-refractivity contribution is 0.0467. The van der Waals surface area contributed by atoms with Gasteiger partial charge in [-0.1, -0.05) is 19.9 Å². The van der Waals surface area contributed by atoms with Crippen LogP contribution in [-0.4, -0.2) is 41.2 Å².